The zero-order valence-electron chi connectivity index (χ0n) is 11.2. The van der Waals surface area contributed by atoms with Gasteiger partial charge in [0.25, 0.3) is 0 Å². The molecule has 0 bridgehead atoms. The number of rotatable bonds is 3. The molecule has 1 saturated carbocycles. The molecule has 108 valence electrons. The monoisotopic (exact) mass is 284 g/mol. The summed E-state index contributed by atoms with van der Waals surface area (Å²) in [5, 5.41) is 6.66. The molecular formula is C13H15F3N4. The Kier molecular flexibility index (Phi) is 2.71. The third-order valence-corrected chi connectivity index (χ3v) is 3.91. The molecule has 0 spiro atoms. The Morgan fingerprint density at radius 3 is 2.75 bits per heavy atom. The summed E-state index contributed by atoms with van der Waals surface area (Å²) >= 11 is 0. The summed E-state index contributed by atoms with van der Waals surface area (Å²) in [6.07, 6.45) is -0.463. The second-order valence-electron chi connectivity index (χ2n) is 5.90. The van der Waals surface area contributed by atoms with Gasteiger partial charge < -0.3 is 5.32 Å². The molecule has 1 atom stereocenters. The zero-order valence-corrected chi connectivity index (χ0v) is 11.2. The summed E-state index contributed by atoms with van der Waals surface area (Å²) < 4.78 is 39.2. The molecule has 1 N–H and O–H groups in total. The number of alkyl halides is 3. The Bertz CT molecular complexity index is 645. The predicted molar refractivity (Wildman–Crippen MR) is 68.4 cm³/mol. The van der Waals surface area contributed by atoms with E-state index in [-0.39, 0.29) is 0 Å². The first-order chi connectivity index (χ1) is 9.27. The normalized spacial score (nSPS) is 21.1. The Morgan fingerprint density at radius 2 is 2.15 bits per heavy atom. The SMILES string of the molecule is CC1(C)CC1CNc1nccn2nc(C(F)(F)F)cc12. The van der Waals surface area contributed by atoms with Crippen molar-refractivity contribution in [3.05, 3.63) is 24.2 Å². The molecule has 2 aromatic rings. The first-order valence-electron chi connectivity index (χ1n) is 6.43. The number of hydrogen-bond donors (Lipinski definition) is 1. The van der Waals surface area contributed by atoms with Crippen molar-refractivity contribution in [2.24, 2.45) is 11.3 Å². The van der Waals surface area contributed by atoms with Crippen molar-refractivity contribution in [2.45, 2.75) is 26.4 Å². The van der Waals surface area contributed by atoms with Crippen molar-refractivity contribution in [3.8, 4) is 0 Å². The minimum absolute atomic E-state index is 0.315. The molecule has 0 aromatic carbocycles. The maximum Gasteiger partial charge on any atom is 0.435 e. The minimum atomic E-state index is -4.44. The maximum absolute atomic E-state index is 12.7. The standard InChI is InChI=1S/C13H15F3N4/c1-12(2)6-8(12)7-18-11-9-5-10(13(14,15)16)19-20(9)4-3-17-11/h3-5,8H,6-7H2,1-2H3,(H,17,18). The van der Waals surface area contributed by atoms with E-state index in [0.717, 1.165) is 12.5 Å². The highest BCUT2D eigenvalue weighted by molar-refractivity contribution is 5.68. The van der Waals surface area contributed by atoms with Crippen molar-refractivity contribution in [3.63, 3.8) is 0 Å². The molecule has 4 nitrogen and oxygen atoms in total. The summed E-state index contributed by atoms with van der Waals surface area (Å²) in [5.74, 6) is 0.979. The summed E-state index contributed by atoms with van der Waals surface area (Å²) in [4.78, 5) is 4.11. The van der Waals surface area contributed by atoms with Gasteiger partial charge in [0.1, 0.15) is 5.52 Å². The van der Waals surface area contributed by atoms with Crippen molar-refractivity contribution >= 4 is 11.3 Å². The Labute approximate surface area is 114 Å². The van der Waals surface area contributed by atoms with Gasteiger partial charge >= 0.3 is 6.18 Å². The van der Waals surface area contributed by atoms with Crippen LogP contribution in [0.4, 0.5) is 19.0 Å². The molecule has 2 heterocycles. The van der Waals surface area contributed by atoms with Crippen molar-refractivity contribution in [2.75, 3.05) is 11.9 Å². The van der Waals surface area contributed by atoms with Gasteiger partial charge in [-0.2, -0.15) is 18.3 Å². The number of fused-ring (bicyclic) bond motifs is 1. The van der Waals surface area contributed by atoms with Gasteiger partial charge in [0.05, 0.1) is 0 Å². The number of aromatic nitrogens is 3. The molecule has 7 heteroatoms. The molecule has 3 rings (SSSR count). The molecule has 1 aliphatic rings. The van der Waals surface area contributed by atoms with Crippen LogP contribution in [0.25, 0.3) is 5.52 Å². The van der Waals surface area contributed by atoms with Crippen LogP contribution in [-0.2, 0) is 6.18 Å². The van der Waals surface area contributed by atoms with E-state index in [4.69, 9.17) is 0 Å². The van der Waals surface area contributed by atoms with Crippen LogP contribution in [-0.4, -0.2) is 21.1 Å². The number of anilines is 1. The Morgan fingerprint density at radius 1 is 1.45 bits per heavy atom. The highest BCUT2D eigenvalue weighted by Gasteiger charge is 2.45. The largest absolute Gasteiger partial charge is 0.435 e. The van der Waals surface area contributed by atoms with E-state index < -0.39 is 11.9 Å². The smallest absolute Gasteiger partial charge is 0.368 e. The summed E-state index contributed by atoms with van der Waals surface area (Å²) in [6.45, 7) is 5.06. The van der Waals surface area contributed by atoms with Crippen LogP contribution in [0, 0.1) is 11.3 Å². The number of hydrogen-bond acceptors (Lipinski definition) is 3. The molecule has 1 fully saturated rings. The van der Waals surface area contributed by atoms with Crippen LogP contribution in [0.2, 0.25) is 0 Å². The Hall–Kier alpha value is -1.79. The predicted octanol–water partition coefficient (Wildman–Crippen LogP) is 3.21. The Balaban J connectivity index is 1.85. The quantitative estimate of drug-likeness (QED) is 0.941. The average Bonchev–Trinajstić information content (AvgIpc) is 2.76. The first-order valence-corrected chi connectivity index (χ1v) is 6.43. The molecule has 0 amide bonds. The van der Waals surface area contributed by atoms with Crippen LogP contribution in [0.3, 0.4) is 0 Å². The molecule has 0 saturated heterocycles. The van der Waals surface area contributed by atoms with Crippen LogP contribution in [0.5, 0.6) is 0 Å². The molecule has 1 aliphatic carbocycles. The lowest BCUT2D eigenvalue weighted by Gasteiger charge is -2.07. The van der Waals surface area contributed by atoms with Gasteiger partial charge in [-0.25, -0.2) is 9.50 Å². The van der Waals surface area contributed by atoms with Crippen LogP contribution in [0.15, 0.2) is 18.5 Å². The average molecular weight is 284 g/mol. The minimum Gasteiger partial charge on any atom is -0.368 e. The summed E-state index contributed by atoms with van der Waals surface area (Å²) in [7, 11) is 0. The number of nitrogens with one attached hydrogen (secondary N) is 1. The first kappa shape index (κ1) is 13.2. The lowest BCUT2D eigenvalue weighted by Crippen LogP contribution is -2.09. The fraction of sp³-hybridized carbons (Fsp3) is 0.538. The van der Waals surface area contributed by atoms with E-state index in [9.17, 15) is 13.2 Å². The van der Waals surface area contributed by atoms with E-state index in [2.05, 4.69) is 29.2 Å². The van der Waals surface area contributed by atoms with E-state index in [1.807, 2.05) is 0 Å². The number of nitrogens with zero attached hydrogens (tertiary/aromatic N) is 3. The number of halogens is 3. The topological polar surface area (TPSA) is 42.2 Å². The van der Waals surface area contributed by atoms with E-state index in [1.165, 1.54) is 16.9 Å². The highest BCUT2D eigenvalue weighted by Crippen LogP contribution is 2.51. The third-order valence-electron chi connectivity index (χ3n) is 3.91. The van der Waals surface area contributed by atoms with Crippen LogP contribution in [0.1, 0.15) is 26.0 Å². The van der Waals surface area contributed by atoms with Gasteiger partial charge in [-0.1, -0.05) is 13.8 Å². The maximum atomic E-state index is 12.7. The van der Waals surface area contributed by atoms with Crippen molar-refractivity contribution in [1.82, 2.24) is 14.6 Å². The van der Waals surface area contributed by atoms with Gasteiger partial charge in [0.15, 0.2) is 11.5 Å². The van der Waals surface area contributed by atoms with Crippen molar-refractivity contribution in [1.29, 1.82) is 0 Å². The van der Waals surface area contributed by atoms with Crippen LogP contribution >= 0.6 is 0 Å². The van der Waals surface area contributed by atoms with E-state index in [1.54, 1.807) is 0 Å². The summed E-state index contributed by atoms with van der Waals surface area (Å²) in [5.41, 5.74) is -0.242. The molecular weight excluding hydrogens is 269 g/mol. The van der Waals surface area contributed by atoms with Crippen molar-refractivity contribution < 1.29 is 13.2 Å². The summed E-state index contributed by atoms with van der Waals surface area (Å²) in [6, 6.07) is 1.02. The van der Waals surface area contributed by atoms with E-state index in [0.29, 0.717) is 29.2 Å². The molecule has 0 aliphatic heterocycles. The fourth-order valence-electron chi connectivity index (χ4n) is 2.34. The molecule has 1 unspecified atom stereocenters. The highest BCUT2D eigenvalue weighted by atomic mass is 19.4. The second-order valence-corrected chi connectivity index (χ2v) is 5.90. The lowest BCUT2D eigenvalue weighted by atomic mass is 10.1. The van der Waals surface area contributed by atoms with Crippen LogP contribution < -0.4 is 5.32 Å². The van der Waals surface area contributed by atoms with E-state index >= 15 is 0 Å². The second kappa shape index (κ2) is 4.10. The van der Waals surface area contributed by atoms with Gasteiger partial charge in [-0.3, -0.25) is 0 Å². The molecule has 2 aromatic heterocycles. The lowest BCUT2D eigenvalue weighted by molar-refractivity contribution is -0.141. The van der Waals surface area contributed by atoms with Gasteiger partial charge in [0, 0.05) is 25.0 Å². The molecule has 20 heavy (non-hydrogen) atoms. The van der Waals surface area contributed by atoms with Gasteiger partial charge in [-0.15, -0.1) is 0 Å². The van der Waals surface area contributed by atoms with Gasteiger partial charge in [0.2, 0.25) is 0 Å². The fourth-order valence-corrected chi connectivity index (χ4v) is 2.34. The molecule has 0 radical (unpaired) electrons. The zero-order chi connectivity index (χ0) is 14.5. The third kappa shape index (κ3) is 2.32. The van der Waals surface area contributed by atoms with Gasteiger partial charge in [-0.05, 0) is 17.8 Å².